The van der Waals surface area contributed by atoms with Crippen LogP contribution in [0, 0.1) is 23.7 Å². The maximum absolute atomic E-state index is 14.2. The van der Waals surface area contributed by atoms with Crippen molar-refractivity contribution in [2.45, 2.75) is 117 Å². The van der Waals surface area contributed by atoms with Crippen molar-refractivity contribution in [3.63, 3.8) is 0 Å². The second-order valence-corrected chi connectivity index (χ2v) is 15.5. The highest BCUT2D eigenvalue weighted by atomic mass is 32.1. The summed E-state index contributed by atoms with van der Waals surface area (Å²) >= 11 is 1.51. The molecule has 0 spiro atoms. The predicted molar refractivity (Wildman–Crippen MR) is 201 cm³/mol. The minimum Gasteiger partial charge on any atom is -0.379 e. The lowest BCUT2D eigenvalue weighted by Crippen LogP contribution is -2.58. The van der Waals surface area contributed by atoms with Gasteiger partial charge in [0.25, 0.3) is 0 Å². The molecule has 0 saturated carbocycles. The van der Waals surface area contributed by atoms with E-state index in [2.05, 4.69) is 29.5 Å². The number of carbonyl (C=O) groups is 4. The quantitative estimate of drug-likeness (QED) is 0.202. The Kier molecular flexibility index (Phi) is 16.5. The van der Waals surface area contributed by atoms with E-state index in [1.807, 2.05) is 61.4 Å². The zero-order valence-corrected chi connectivity index (χ0v) is 33.1. The third kappa shape index (κ3) is 11.1. The molecule has 1 aromatic carbocycles. The van der Waals surface area contributed by atoms with E-state index in [1.165, 1.54) is 11.3 Å². The van der Waals surface area contributed by atoms with Crippen LogP contribution >= 0.6 is 11.3 Å². The molecule has 1 aliphatic heterocycles. The molecule has 12 heteroatoms. The number of nitrogens with zero attached hydrogens (tertiary/aromatic N) is 3. The number of ether oxygens (including phenoxy) is 2. The van der Waals surface area contributed by atoms with E-state index < -0.39 is 30.2 Å². The number of hydrogen-bond acceptors (Lipinski definition) is 8. The summed E-state index contributed by atoms with van der Waals surface area (Å²) in [6, 6.07) is 8.30. The van der Waals surface area contributed by atoms with Gasteiger partial charge in [0.1, 0.15) is 11.0 Å². The Bertz CT molecular complexity index is 1390. The predicted octanol–water partition coefficient (Wildman–Crippen LogP) is 5.26. The van der Waals surface area contributed by atoms with Crippen LogP contribution < -0.4 is 10.6 Å². The van der Waals surface area contributed by atoms with E-state index in [0.717, 1.165) is 23.4 Å². The molecule has 1 aromatic heterocycles. The molecule has 2 aromatic rings. The number of aromatic nitrogens is 1. The average Bonchev–Trinajstić information content (AvgIpc) is 3.83. The molecule has 1 fully saturated rings. The largest absolute Gasteiger partial charge is 0.379 e. The Balaban J connectivity index is 1.78. The lowest BCUT2D eigenvalue weighted by Gasteiger charge is -2.41. The number of hydrogen-bond donors (Lipinski definition) is 2. The zero-order chi connectivity index (χ0) is 37.8. The van der Waals surface area contributed by atoms with Crippen LogP contribution in [0.5, 0.6) is 0 Å². The molecule has 1 aliphatic rings. The summed E-state index contributed by atoms with van der Waals surface area (Å²) in [7, 11) is 4.91. The Morgan fingerprint density at radius 2 is 1.69 bits per heavy atom. The molecule has 0 aliphatic carbocycles. The van der Waals surface area contributed by atoms with Gasteiger partial charge in [0, 0.05) is 45.3 Å². The van der Waals surface area contributed by atoms with Gasteiger partial charge in [-0.3, -0.25) is 19.2 Å². The van der Waals surface area contributed by atoms with E-state index in [9.17, 15) is 19.2 Å². The van der Waals surface area contributed by atoms with Crippen molar-refractivity contribution in [2.24, 2.45) is 23.7 Å². The molecule has 2 N–H and O–H groups in total. The van der Waals surface area contributed by atoms with Crippen LogP contribution in [0.1, 0.15) is 90.8 Å². The zero-order valence-electron chi connectivity index (χ0n) is 32.3. The van der Waals surface area contributed by atoms with Crippen molar-refractivity contribution in [1.82, 2.24) is 25.4 Å². The van der Waals surface area contributed by atoms with Crippen molar-refractivity contribution in [3.05, 3.63) is 52.5 Å². The average molecular weight is 728 g/mol. The van der Waals surface area contributed by atoms with Crippen molar-refractivity contribution in [3.8, 4) is 0 Å². The molecule has 0 bridgehead atoms. The van der Waals surface area contributed by atoms with Gasteiger partial charge in [0.2, 0.25) is 23.6 Å². The van der Waals surface area contributed by atoms with Crippen LogP contribution in [0.15, 0.2) is 41.9 Å². The monoisotopic (exact) mass is 727 g/mol. The van der Waals surface area contributed by atoms with E-state index in [-0.39, 0.29) is 59.9 Å². The first-order chi connectivity index (χ1) is 24.2. The Morgan fingerprint density at radius 1 is 1.00 bits per heavy atom. The maximum Gasteiger partial charge on any atom is 0.245 e. The minimum absolute atomic E-state index is 0.0109. The number of nitrogens with one attached hydrogen (secondary N) is 2. The lowest BCUT2D eigenvalue weighted by atomic mass is 9.89. The van der Waals surface area contributed by atoms with Crippen LogP contribution in [0.3, 0.4) is 0 Å². The second kappa shape index (κ2) is 20.0. The highest BCUT2D eigenvalue weighted by molar-refractivity contribution is 7.09. The Morgan fingerprint density at radius 3 is 2.24 bits per heavy atom. The summed E-state index contributed by atoms with van der Waals surface area (Å²) in [5.41, 5.74) is 1.09. The number of benzene rings is 1. The molecule has 3 rings (SSSR count). The number of likely N-dealkylation sites (tertiary alicyclic amines) is 1. The van der Waals surface area contributed by atoms with E-state index >= 15 is 0 Å². The summed E-state index contributed by atoms with van der Waals surface area (Å²) in [5, 5.41) is 8.89. The Hall–Kier alpha value is -3.35. The molecule has 0 radical (unpaired) electrons. The van der Waals surface area contributed by atoms with Gasteiger partial charge in [-0.2, -0.15) is 0 Å². The normalized spacial score (nSPS) is 18.8. The van der Waals surface area contributed by atoms with Gasteiger partial charge in [-0.15, -0.1) is 11.3 Å². The molecule has 2 unspecified atom stereocenters. The first kappa shape index (κ1) is 42.1. The number of carbonyl (C=O) groups excluding carboxylic acids is 4. The van der Waals surface area contributed by atoms with Crippen LogP contribution in [0.2, 0.25) is 0 Å². The molecular formula is C39H61N5O6S. The summed E-state index contributed by atoms with van der Waals surface area (Å²) in [6.07, 6.45) is 3.55. The van der Waals surface area contributed by atoms with Gasteiger partial charge in [-0.05, 0) is 36.7 Å². The van der Waals surface area contributed by atoms with E-state index in [0.29, 0.717) is 19.4 Å². The number of thiazole rings is 1. The van der Waals surface area contributed by atoms with Crippen LogP contribution in [0.4, 0.5) is 0 Å². The molecular weight excluding hydrogens is 667 g/mol. The number of rotatable bonds is 19. The number of likely N-dealkylation sites (N-methyl/N-ethyl adjacent to an activating group) is 1. The van der Waals surface area contributed by atoms with Gasteiger partial charge in [0.15, 0.2) is 0 Å². The third-order valence-electron chi connectivity index (χ3n) is 10.4. The highest BCUT2D eigenvalue weighted by Crippen LogP contribution is 2.30. The number of amides is 4. The molecule has 11 nitrogen and oxygen atoms in total. The summed E-state index contributed by atoms with van der Waals surface area (Å²) in [4.78, 5) is 62.6. The lowest BCUT2D eigenvalue weighted by molar-refractivity contribution is -0.147. The van der Waals surface area contributed by atoms with Crippen LogP contribution in [-0.2, 0) is 35.1 Å². The summed E-state index contributed by atoms with van der Waals surface area (Å²) in [6.45, 7) is 13.9. The highest BCUT2D eigenvalue weighted by Gasteiger charge is 2.43. The fraction of sp³-hybridized carbons (Fsp3) is 0.667. The van der Waals surface area contributed by atoms with Crippen molar-refractivity contribution >= 4 is 35.0 Å². The van der Waals surface area contributed by atoms with Gasteiger partial charge < -0.3 is 29.9 Å². The van der Waals surface area contributed by atoms with Crippen molar-refractivity contribution in [1.29, 1.82) is 0 Å². The molecule has 4 amide bonds. The number of methoxy groups -OCH3 is 2. The maximum atomic E-state index is 14.2. The first-order valence-corrected chi connectivity index (χ1v) is 19.3. The molecule has 284 valence electrons. The van der Waals surface area contributed by atoms with Crippen molar-refractivity contribution in [2.75, 3.05) is 27.8 Å². The van der Waals surface area contributed by atoms with Gasteiger partial charge in [-0.1, -0.05) is 85.2 Å². The summed E-state index contributed by atoms with van der Waals surface area (Å²) < 4.78 is 12.0. The van der Waals surface area contributed by atoms with E-state index in [1.54, 1.807) is 46.2 Å². The first-order valence-electron chi connectivity index (χ1n) is 18.4. The smallest absolute Gasteiger partial charge is 0.245 e. The minimum atomic E-state index is -0.703. The molecule has 1 saturated heterocycles. The fourth-order valence-electron chi connectivity index (χ4n) is 7.12. The standard InChI is InChI=1S/C39H61N5O6S/c1-11-26(6)34(43(8)39(48)33(24(2)3)42-36(46)25(4)5)31(49-9)23-32(45)44-20-15-18-30(44)35(50-10)27(7)37(47)41-29(38-40-19-21-51-38)22-28-16-13-12-14-17-28/h12-14,16-17,19,21,24-27,29-31,33-35H,11,15,18,20,22-23H2,1-10H3,(H,41,47)(H,42,46)/t26-,27?,29-,30-,31?,33-,34-,35+/m0/s1. The van der Waals surface area contributed by atoms with Gasteiger partial charge >= 0.3 is 0 Å². The molecule has 2 heterocycles. The van der Waals surface area contributed by atoms with Crippen LogP contribution in [-0.4, -0.2) is 96.6 Å². The van der Waals surface area contributed by atoms with Crippen LogP contribution in [0.25, 0.3) is 0 Å². The SMILES string of the molecule is CC[C@H](C)[C@@H](C(CC(=O)N1CCC[C@H]1[C@H](OC)C(C)C(=O)N[C@@H](Cc1ccccc1)c1nccs1)OC)N(C)C(=O)[C@@H](NC(=O)C(C)C)C(C)C. The molecule has 8 atom stereocenters. The summed E-state index contributed by atoms with van der Waals surface area (Å²) in [5.74, 6) is -1.58. The van der Waals surface area contributed by atoms with Gasteiger partial charge in [-0.25, -0.2) is 4.98 Å². The topological polar surface area (TPSA) is 130 Å². The fourth-order valence-corrected chi connectivity index (χ4v) is 7.81. The van der Waals surface area contributed by atoms with E-state index in [4.69, 9.17) is 9.47 Å². The molecule has 51 heavy (non-hydrogen) atoms. The van der Waals surface area contributed by atoms with Crippen molar-refractivity contribution < 1.29 is 28.7 Å². The van der Waals surface area contributed by atoms with Gasteiger partial charge in [0.05, 0.1) is 42.7 Å². The second-order valence-electron chi connectivity index (χ2n) is 14.6. The third-order valence-corrected chi connectivity index (χ3v) is 11.3. The Labute approximate surface area is 309 Å².